The molecule has 0 aromatic heterocycles. The molecule has 2 rings (SSSR count). The van der Waals surface area contributed by atoms with Gasteiger partial charge in [0.2, 0.25) is 0 Å². The number of nitrogens with zero attached hydrogens (tertiary/aromatic N) is 1. The van der Waals surface area contributed by atoms with E-state index in [-0.39, 0.29) is 42.2 Å². The summed E-state index contributed by atoms with van der Waals surface area (Å²) in [5, 5.41) is 6.43. The first-order valence-corrected chi connectivity index (χ1v) is 8.49. The predicted molar refractivity (Wildman–Crippen MR) is 116 cm³/mol. The van der Waals surface area contributed by atoms with E-state index in [9.17, 15) is 8.78 Å². The van der Waals surface area contributed by atoms with E-state index in [2.05, 4.69) is 15.6 Å². The molecule has 27 heavy (non-hydrogen) atoms. The highest BCUT2D eigenvalue weighted by Gasteiger charge is 2.05. The molecule has 0 aliphatic heterocycles. The standard InChI is InChI=1S/C20H25F2N3O.HI/c1-14-10-18(21)6-5-16(14)8-9-24-20(23-2)25-12-15-4-7-19(22)17(11-15)13-26-3;/h4-7,10-11H,8-9,12-13H2,1-3H3,(H2,23,24,25);1H. The lowest BCUT2D eigenvalue weighted by Gasteiger charge is -2.13. The molecule has 0 aliphatic rings. The summed E-state index contributed by atoms with van der Waals surface area (Å²) in [6, 6.07) is 9.77. The number of methoxy groups -OCH3 is 1. The van der Waals surface area contributed by atoms with Crippen LogP contribution in [0.25, 0.3) is 0 Å². The van der Waals surface area contributed by atoms with E-state index in [0.29, 0.717) is 24.6 Å². The highest BCUT2D eigenvalue weighted by Crippen LogP contribution is 2.12. The zero-order valence-electron chi connectivity index (χ0n) is 15.8. The molecule has 0 radical (unpaired) electrons. The van der Waals surface area contributed by atoms with Crippen molar-refractivity contribution in [1.82, 2.24) is 10.6 Å². The summed E-state index contributed by atoms with van der Waals surface area (Å²) in [4.78, 5) is 4.18. The van der Waals surface area contributed by atoms with Gasteiger partial charge in [0, 0.05) is 32.8 Å². The van der Waals surface area contributed by atoms with Crippen LogP contribution in [0.1, 0.15) is 22.3 Å². The summed E-state index contributed by atoms with van der Waals surface area (Å²) in [6.07, 6.45) is 0.765. The number of benzene rings is 2. The van der Waals surface area contributed by atoms with Crippen molar-refractivity contribution in [2.75, 3.05) is 20.7 Å². The number of nitrogens with one attached hydrogen (secondary N) is 2. The van der Waals surface area contributed by atoms with Crippen LogP contribution in [-0.2, 0) is 24.3 Å². The molecule has 2 aromatic rings. The largest absolute Gasteiger partial charge is 0.380 e. The Morgan fingerprint density at radius 3 is 2.52 bits per heavy atom. The molecule has 0 spiro atoms. The fourth-order valence-corrected chi connectivity index (χ4v) is 2.67. The summed E-state index contributed by atoms with van der Waals surface area (Å²) in [5.74, 6) is 0.166. The van der Waals surface area contributed by atoms with E-state index in [1.54, 1.807) is 32.4 Å². The fourth-order valence-electron chi connectivity index (χ4n) is 2.67. The van der Waals surface area contributed by atoms with Gasteiger partial charge in [-0.2, -0.15) is 0 Å². The summed E-state index contributed by atoms with van der Waals surface area (Å²) in [7, 11) is 3.23. The number of hydrogen-bond donors (Lipinski definition) is 2. The Hall–Kier alpha value is -1.74. The Balaban J connectivity index is 0.00000364. The fraction of sp³-hybridized carbons (Fsp3) is 0.350. The van der Waals surface area contributed by atoms with Crippen LogP contribution in [0, 0.1) is 18.6 Å². The number of guanidine groups is 1. The molecule has 0 saturated carbocycles. The highest BCUT2D eigenvalue weighted by molar-refractivity contribution is 14.0. The maximum atomic E-state index is 13.6. The summed E-state index contributed by atoms with van der Waals surface area (Å²) < 4.78 is 31.8. The molecule has 2 aromatic carbocycles. The first kappa shape index (κ1) is 23.3. The molecule has 0 saturated heterocycles. The summed E-state index contributed by atoms with van der Waals surface area (Å²) in [6.45, 7) is 3.33. The first-order valence-electron chi connectivity index (χ1n) is 8.49. The zero-order chi connectivity index (χ0) is 18.9. The quantitative estimate of drug-likeness (QED) is 0.352. The lowest BCUT2D eigenvalue weighted by molar-refractivity contribution is 0.181. The Morgan fingerprint density at radius 2 is 1.85 bits per heavy atom. The third-order valence-corrected chi connectivity index (χ3v) is 4.08. The zero-order valence-corrected chi connectivity index (χ0v) is 18.1. The van der Waals surface area contributed by atoms with E-state index in [1.165, 1.54) is 18.2 Å². The van der Waals surface area contributed by atoms with E-state index >= 15 is 0 Å². The van der Waals surface area contributed by atoms with Crippen LogP contribution < -0.4 is 10.6 Å². The molecule has 0 bridgehead atoms. The second-order valence-electron chi connectivity index (χ2n) is 6.03. The lowest BCUT2D eigenvalue weighted by Crippen LogP contribution is -2.37. The van der Waals surface area contributed by atoms with Crippen molar-refractivity contribution >= 4 is 29.9 Å². The van der Waals surface area contributed by atoms with Gasteiger partial charge >= 0.3 is 0 Å². The van der Waals surface area contributed by atoms with Crippen molar-refractivity contribution in [3.8, 4) is 0 Å². The van der Waals surface area contributed by atoms with Gasteiger partial charge in [0.1, 0.15) is 11.6 Å². The van der Waals surface area contributed by atoms with Crippen LogP contribution in [0.3, 0.4) is 0 Å². The van der Waals surface area contributed by atoms with Crippen LogP contribution in [-0.4, -0.2) is 26.7 Å². The minimum Gasteiger partial charge on any atom is -0.380 e. The molecule has 0 heterocycles. The number of halogens is 3. The molecular formula is C20H26F2IN3O. The van der Waals surface area contributed by atoms with Crippen molar-refractivity contribution in [2.45, 2.75) is 26.5 Å². The van der Waals surface area contributed by atoms with Gasteiger partial charge in [-0.1, -0.05) is 12.1 Å². The van der Waals surface area contributed by atoms with Gasteiger partial charge in [0.25, 0.3) is 0 Å². The smallest absolute Gasteiger partial charge is 0.191 e. The monoisotopic (exact) mass is 489 g/mol. The lowest BCUT2D eigenvalue weighted by atomic mass is 10.1. The van der Waals surface area contributed by atoms with Crippen molar-refractivity contribution in [1.29, 1.82) is 0 Å². The second kappa shape index (κ2) is 11.9. The number of hydrogen-bond acceptors (Lipinski definition) is 2. The Labute approximate surface area is 176 Å². The third-order valence-electron chi connectivity index (χ3n) is 4.08. The van der Waals surface area contributed by atoms with E-state index in [0.717, 1.165) is 23.1 Å². The van der Waals surface area contributed by atoms with Gasteiger partial charge in [0.15, 0.2) is 5.96 Å². The normalized spacial score (nSPS) is 11.1. The van der Waals surface area contributed by atoms with Gasteiger partial charge in [-0.05, 0) is 54.3 Å². The average Bonchev–Trinajstić information content (AvgIpc) is 2.62. The molecule has 148 valence electrons. The van der Waals surface area contributed by atoms with Crippen molar-refractivity contribution in [3.63, 3.8) is 0 Å². The van der Waals surface area contributed by atoms with Crippen LogP contribution in [0.15, 0.2) is 41.4 Å². The average molecular weight is 489 g/mol. The van der Waals surface area contributed by atoms with Gasteiger partial charge in [-0.3, -0.25) is 4.99 Å². The van der Waals surface area contributed by atoms with Gasteiger partial charge in [-0.25, -0.2) is 8.78 Å². The number of aryl methyl sites for hydroxylation is 1. The Morgan fingerprint density at radius 1 is 1.07 bits per heavy atom. The molecule has 0 aliphatic carbocycles. The number of rotatable bonds is 7. The first-order chi connectivity index (χ1) is 12.5. The third kappa shape index (κ3) is 7.42. The van der Waals surface area contributed by atoms with Crippen molar-refractivity contribution in [3.05, 3.63) is 70.3 Å². The van der Waals surface area contributed by atoms with Crippen molar-refractivity contribution in [2.24, 2.45) is 4.99 Å². The highest BCUT2D eigenvalue weighted by atomic mass is 127. The predicted octanol–water partition coefficient (Wildman–Crippen LogP) is 3.95. The molecule has 0 atom stereocenters. The van der Waals surface area contributed by atoms with Gasteiger partial charge in [-0.15, -0.1) is 24.0 Å². The molecular weight excluding hydrogens is 463 g/mol. The second-order valence-corrected chi connectivity index (χ2v) is 6.03. The van der Waals surface area contributed by atoms with Crippen LogP contribution in [0.4, 0.5) is 8.78 Å². The maximum Gasteiger partial charge on any atom is 0.191 e. The number of ether oxygens (including phenoxy) is 1. The topological polar surface area (TPSA) is 45.7 Å². The molecule has 7 heteroatoms. The summed E-state index contributed by atoms with van der Waals surface area (Å²) in [5.41, 5.74) is 3.50. The molecule has 2 N–H and O–H groups in total. The Bertz CT molecular complexity index is 769. The molecule has 0 fully saturated rings. The summed E-state index contributed by atoms with van der Waals surface area (Å²) >= 11 is 0. The van der Waals surface area contributed by atoms with Gasteiger partial charge < -0.3 is 15.4 Å². The van der Waals surface area contributed by atoms with Gasteiger partial charge in [0.05, 0.1) is 6.61 Å². The van der Waals surface area contributed by atoms with Crippen LogP contribution >= 0.6 is 24.0 Å². The SMILES string of the molecule is CN=C(NCCc1ccc(F)cc1C)NCc1ccc(F)c(COC)c1.I. The number of aliphatic imine (C=N–C) groups is 1. The van der Waals surface area contributed by atoms with Crippen LogP contribution in [0.2, 0.25) is 0 Å². The minimum absolute atomic E-state index is 0. The van der Waals surface area contributed by atoms with E-state index in [1.807, 2.05) is 6.92 Å². The maximum absolute atomic E-state index is 13.6. The van der Waals surface area contributed by atoms with E-state index < -0.39 is 0 Å². The van der Waals surface area contributed by atoms with E-state index in [4.69, 9.17) is 4.74 Å². The molecule has 0 amide bonds. The Kier molecular flexibility index (Phi) is 10.2. The molecule has 4 nitrogen and oxygen atoms in total. The minimum atomic E-state index is -0.271. The molecule has 0 unspecified atom stereocenters. The van der Waals surface area contributed by atoms with Crippen LogP contribution in [0.5, 0.6) is 0 Å². The van der Waals surface area contributed by atoms with Crippen molar-refractivity contribution < 1.29 is 13.5 Å².